The molecule has 0 aliphatic carbocycles. The molecule has 30 heavy (non-hydrogen) atoms. The van der Waals surface area contributed by atoms with Gasteiger partial charge < -0.3 is 10.2 Å². The lowest BCUT2D eigenvalue weighted by molar-refractivity contribution is -0.136. The highest BCUT2D eigenvalue weighted by atomic mass is 35.5. The zero-order valence-electron chi connectivity index (χ0n) is 15.6. The second kappa shape index (κ2) is 8.04. The lowest BCUT2D eigenvalue weighted by Crippen LogP contribution is -2.52. The number of pyridine rings is 1. The summed E-state index contributed by atoms with van der Waals surface area (Å²) in [6, 6.07) is 5.68. The number of amides is 4. The van der Waals surface area contributed by atoms with E-state index in [1.165, 1.54) is 17.2 Å². The number of piperidine rings is 1. The van der Waals surface area contributed by atoms with Gasteiger partial charge in [0.1, 0.15) is 11.7 Å². The number of carbonyl (C=O) groups excluding carboxylic acids is 4. The molecule has 154 valence electrons. The molecule has 1 aromatic heterocycles. The van der Waals surface area contributed by atoms with Gasteiger partial charge in [-0.25, -0.2) is 4.98 Å². The first-order valence-electron chi connectivity index (χ1n) is 9.20. The standard InChI is InChI=1S/C20H16Cl2N4O4/c21-11-2-4-14(23-8-11)18(28)24-7-10-1-3-12-13(17(10)22)9-26(20(12)30)15-5-6-16(27)25-19(15)29/h1-4,8,15H,5-7,9H2,(H,24,28)(H,25,27,29). The second-order valence-corrected chi connectivity index (χ2v) is 7.82. The fourth-order valence-corrected chi connectivity index (χ4v) is 3.97. The van der Waals surface area contributed by atoms with Gasteiger partial charge >= 0.3 is 0 Å². The molecule has 4 rings (SSSR count). The zero-order valence-corrected chi connectivity index (χ0v) is 17.1. The van der Waals surface area contributed by atoms with Crippen LogP contribution in [0.4, 0.5) is 0 Å². The number of aromatic nitrogens is 1. The molecule has 1 saturated heterocycles. The first kappa shape index (κ1) is 20.3. The highest BCUT2D eigenvalue weighted by Crippen LogP contribution is 2.34. The fourth-order valence-electron chi connectivity index (χ4n) is 3.57. The van der Waals surface area contributed by atoms with Crippen molar-refractivity contribution >= 4 is 46.8 Å². The van der Waals surface area contributed by atoms with Crippen LogP contribution in [0.1, 0.15) is 44.8 Å². The number of nitrogens with zero attached hydrogens (tertiary/aromatic N) is 2. The highest BCUT2D eigenvalue weighted by molar-refractivity contribution is 6.33. The van der Waals surface area contributed by atoms with E-state index in [4.69, 9.17) is 23.2 Å². The molecule has 8 nitrogen and oxygen atoms in total. The van der Waals surface area contributed by atoms with Gasteiger partial charge in [-0.05, 0) is 30.2 Å². The molecule has 2 N–H and O–H groups in total. The van der Waals surface area contributed by atoms with Gasteiger partial charge in [0.25, 0.3) is 11.8 Å². The van der Waals surface area contributed by atoms with Crippen LogP contribution in [-0.2, 0) is 22.7 Å². The Bertz CT molecular complexity index is 1070. The van der Waals surface area contributed by atoms with Crippen LogP contribution in [0.15, 0.2) is 30.5 Å². The van der Waals surface area contributed by atoms with E-state index in [-0.39, 0.29) is 49.3 Å². The van der Waals surface area contributed by atoms with E-state index >= 15 is 0 Å². The third-order valence-electron chi connectivity index (χ3n) is 5.13. The van der Waals surface area contributed by atoms with E-state index < -0.39 is 11.9 Å². The summed E-state index contributed by atoms with van der Waals surface area (Å²) in [5, 5.41) is 5.79. The number of hydrogen-bond acceptors (Lipinski definition) is 5. The number of nitrogens with one attached hydrogen (secondary N) is 2. The van der Waals surface area contributed by atoms with Gasteiger partial charge in [-0.3, -0.25) is 24.5 Å². The van der Waals surface area contributed by atoms with Gasteiger partial charge in [-0.2, -0.15) is 0 Å². The molecule has 10 heteroatoms. The SMILES string of the molecule is O=C1CCC(N2Cc3c(ccc(CNC(=O)c4ccc(Cl)cn4)c3Cl)C2=O)C(=O)N1. The zero-order chi connectivity index (χ0) is 21.4. The number of fused-ring (bicyclic) bond motifs is 1. The first-order valence-corrected chi connectivity index (χ1v) is 9.95. The molecule has 2 aromatic rings. The van der Waals surface area contributed by atoms with Crippen molar-refractivity contribution in [1.29, 1.82) is 0 Å². The minimum atomic E-state index is -0.710. The lowest BCUT2D eigenvalue weighted by atomic mass is 10.0. The van der Waals surface area contributed by atoms with E-state index in [1.807, 2.05) is 0 Å². The average molecular weight is 447 g/mol. The molecular formula is C20H16Cl2N4O4. The Labute approximate surface area is 181 Å². The predicted octanol–water partition coefficient (Wildman–Crippen LogP) is 2.08. The molecule has 1 fully saturated rings. The monoisotopic (exact) mass is 446 g/mol. The third kappa shape index (κ3) is 3.76. The summed E-state index contributed by atoms with van der Waals surface area (Å²) >= 11 is 12.3. The Morgan fingerprint density at radius 1 is 1.20 bits per heavy atom. The van der Waals surface area contributed by atoms with Crippen molar-refractivity contribution < 1.29 is 19.2 Å². The normalized spacial score (nSPS) is 18.3. The Hall–Kier alpha value is -2.97. The second-order valence-electron chi connectivity index (χ2n) is 7.01. The van der Waals surface area contributed by atoms with Crippen molar-refractivity contribution in [1.82, 2.24) is 20.5 Å². The molecule has 4 amide bonds. The van der Waals surface area contributed by atoms with Crippen LogP contribution in [0.3, 0.4) is 0 Å². The van der Waals surface area contributed by atoms with Crippen LogP contribution in [0, 0.1) is 0 Å². The van der Waals surface area contributed by atoms with Crippen molar-refractivity contribution in [2.45, 2.75) is 32.0 Å². The predicted molar refractivity (Wildman–Crippen MR) is 108 cm³/mol. The van der Waals surface area contributed by atoms with E-state index in [0.29, 0.717) is 26.7 Å². The Morgan fingerprint density at radius 2 is 2.00 bits per heavy atom. The number of carbonyl (C=O) groups is 4. The maximum Gasteiger partial charge on any atom is 0.270 e. The minimum Gasteiger partial charge on any atom is -0.347 e. The van der Waals surface area contributed by atoms with Crippen molar-refractivity contribution in [2.24, 2.45) is 0 Å². The van der Waals surface area contributed by atoms with Crippen molar-refractivity contribution in [3.05, 3.63) is 62.9 Å². The third-order valence-corrected chi connectivity index (χ3v) is 5.82. The van der Waals surface area contributed by atoms with Gasteiger partial charge in [-0.15, -0.1) is 0 Å². The largest absolute Gasteiger partial charge is 0.347 e. The quantitative estimate of drug-likeness (QED) is 0.698. The summed E-state index contributed by atoms with van der Waals surface area (Å²) in [6.07, 6.45) is 1.84. The maximum atomic E-state index is 12.8. The van der Waals surface area contributed by atoms with E-state index in [0.717, 1.165) is 0 Å². The summed E-state index contributed by atoms with van der Waals surface area (Å²) in [7, 11) is 0. The molecule has 2 aliphatic rings. The molecule has 3 heterocycles. The summed E-state index contributed by atoms with van der Waals surface area (Å²) in [6.45, 7) is 0.307. The Kier molecular flexibility index (Phi) is 5.44. The number of halogens is 2. The van der Waals surface area contributed by atoms with Crippen LogP contribution in [-0.4, -0.2) is 39.6 Å². The molecule has 2 aliphatic heterocycles. The summed E-state index contributed by atoms with van der Waals surface area (Å²) < 4.78 is 0. The van der Waals surface area contributed by atoms with Gasteiger partial charge in [0, 0.05) is 36.8 Å². The smallest absolute Gasteiger partial charge is 0.270 e. The molecule has 0 radical (unpaired) electrons. The molecule has 0 spiro atoms. The van der Waals surface area contributed by atoms with Gasteiger partial charge in [-0.1, -0.05) is 29.3 Å². The molecule has 1 aromatic carbocycles. The summed E-state index contributed by atoms with van der Waals surface area (Å²) in [4.78, 5) is 54.0. The summed E-state index contributed by atoms with van der Waals surface area (Å²) in [5.41, 5.74) is 1.87. The molecular weight excluding hydrogens is 431 g/mol. The fraction of sp³-hybridized carbons (Fsp3) is 0.250. The van der Waals surface area contributed by atoms with E-state index in [9.17, 15) is 19.2 Å². The first-order chi connectivity index (χ1) is 14.3. The lowest BCUT2D eigenvalue weighted by Gasteiger charge is -2.29. The molecule has 0 saturated carbocycles. The van der Waals surface area contributed by atoms with Crippen molar-refractivity contribution in [3.63, 3.8) is 0 Å². The maximum absolute atomic E-state index is 12.8. The van der Waals surface area contributed by atoms with Crippen LogP contribution in [0.25, 0.3) is 0 Å². The van der Waals surface area contributed by atoms with E-state index in [1.54, 1.807) is 18.2 Å². The Balaban J connectivity index is 1.49. The van der Waals surface area contributed by atoms with Crippen molar-refractivity contribution in [3.8, 4) is 0 Å². The van der Waals surface area contributed by atoms with Gasteiger partial charge in [0.15, 0.2) is 0 Å². The van der Waals surface area contributed by atoms with Crippen LogP contribution in [0.5, 0.6) is 0 Å². The number of hydrogen-bond donors (Lipinski definition) is 2. The van der Waals surface area contributed by atoms with E-state index in [2.05, 4.69) is 15.6 Å². The highest BCUT2D eigenvalue weighted by Gasteiger charge is 2.40. The molecule has 0 bridgehead atoms. The van der Waals surface area contributed by atoms with Crippen LogP contribution in [0.2, 0.25) is 10.0 Å². The summed E-state index contributed by atoms with van der Waals surface area (Å²) in [5.74, 6) is -1.51. The van der Waals surface area contributed by atoms with Crippen LogP contribution < -0.4 is 10.6 Å². The van der Waals surface area contributed by atoms with Gasteiger partial charge in [0.2, 0.25) is 11.8 Å². The molecule has 1 unspecified atom stereocenters. The minimum absolute atomic E-state index is 0.141. The number of rotatable bonds is 4. The van der Waals surface area contributed by atoms with Gasteiger partial charge in [0.05, 0.1) is 10.0 Å². The topological polar surface area (TPSA) is 108 Å². The Morgan fingerprint density at radius 3 is 2.70 bits per heavy atom. The molecule has 1 atom stereocenters. The number of benzene rings is 1. The van der Waals surface area contributed by atoms with Crippen LogP contribution >= 0.6 is 23.2 Å². The number of imide groups is 1. The average Bonchev–Trinajstić information content (AvgIpc) is 3.05. The van der Waals surface area contributed by atoms with Crippen molar-refractivity contribution in [2.75, 3.05) is 0 Å².